The Hall–Kier alpha value is -3.86. The number of benzene rings is 2. The van der Waals surface area contributed by atoms with Crippen molar-refractivity contribution < 1.29 is 24.2 Å². The van der Waals surface area contributed by atoms with Gasteiger partial charge >= 0.3 is 12.1 Å². The number of carboxylic acids is 1. The van der Waals surface area contributed by atoms with E-state index in [4.69, 9.17) is 10.00 Å². The lowest BCUT2D eigenvalue weighted by Gasteiger charge is -2.28. The van der Waals surface area contributed by atoms with E-state index in [1.54, 1.807) is 6.92 Å². The highest BCUT2D eigenvalue weighted by molar-refractivity contribution is 5.86. The SMILES string of the molecule is CCN(CC(C)C(=O)O)C(=O)C(CCCC#N)NC(=O)OCC1c2ccccc2-c2ccccc21. The molecule has 0 heterocycles. The van der Waals surface area contributed by atoms with E-state index in [9.17, 15) is 19.5 Å². The second kappa shape index (κ2) is 12.0. The summed E-state index contributed by atoms with van der Waals surface area (Å²) in [6.07, 6.45) is 0.204. The van der Waals surface area contributed by atoms with Gasteiger partial charge in [-0.15, -0.1) is 0 Å². The quantitative estimate of drug-likeness (QED) is 0.469. The van der Waals surface area contributed by atoms with E-state index in [2.05, 4.69) is 17.4 Å². The van der Waals surface area contributed by atoms with Crippen molar-refractivity contribution in [2.75, 3.05) is 19.7 Å². The van der Waals surface area contributed by atoms with Gasteiger partial charge in [0.25, 0.3) is 0 Å². The molecule has 2 unspecified atom stereocenters. The number of nitriles is 1. The Kier molecular flexibility index (Phi) is 8.85. The van der Waals surface area contributed by atoms with Crippen molar-refractivity contribution in [2.24, 2.45) is 5.92 Å². The highest BCUT2D eigenvalue weighted by Gasteiger charge is 2.31. The molecule has 0 bridgehead atoms. The molecule has 8 heteroatoms. The maximum absolute atomic E-state index is 13.1. The minimum Gasteiger partial charge on any atom is -0.481 e. The summed E-state index contributed by atoms with van der Waals surface area (Å²) < 4.78 is 5.58. The minimum absolute atomic E-state index is 0.0335. The van der Waals surface area contributed by atoms with E-state index < -0.39 is 24.0 Å². The molecule has 0 aliphatic heterocycles. The molecule has 0 fully saturated rings. The van der Waals surface area contributed by atoms with Crippen molar-refractivity contribution in [3.8, 4) is 17.2 Å². The average Bonchev–Trinajstić information content (AvgIpc) is 3.18. The number of nitrogens with one attached hydrogen (secondary N) is 1. The summed E-state index contributed by atoms with van der Waals surface area (Å²) in [5.74, 6) is -2.23. The van der Waals surface area contributed by atoms with E-state index in [0.29, 0.717) is 13.0 Å². The van der Waals surface area contributed by atoms with Crippen LogP contribution in [0.3, 0.4) is 0 Å². The Morgan fingerprint density at radius 2 is 1.71 bits per heavy atom. The van der Waals surface area contributed by atoms with Crippen LogP contribution in [0.1, 0.15) is 50.2 Å². The number of likely N-dealkylation sites (N-methyl/N-ethyl adjacent to an activating group) is 1. The van der Waals surface area contributed by atoms with Gasteiger partial charge in [0.1, 0.15) is 12.6 Å². The van der Waals surface area contributed by atoms with Crippen LogP contribution in [0.5, 0.6) is 0 Å². The monoisotopic (exact) mass is 477 g/mol. The number of rotatable bonds is 11. The normalized spacial score (nSPS) is 13.6. The van der Waals surface area contributed by atoms with E-state index in [0.717, 1.165) is 22.3 Å². The first-order valence-electron chi connectivity index (χ1n) is 11.9. The zero-order valence-electron chi connectivity index (χ0n) is 20.1. The van der Waals surface area contributed by atoms with Crippen LogP contribution in [-0.2, 0) is 14.3 Å². The van der Waals surface area contributed by atoms with Crippen LogP contribution in [0, 0.1) is 17.2 Å². The van der Waals surface area contributed by atoms with Crippen LogP contribution in [0.4, 0.5) is 4.79 Å². The van der Waals surface area contributed by atoms with Crippen LogP contribution in [0.15, 0.2) is 48.5 Å². The number of fused-ring (bicyclic) bond motifs is 3. The predicted molar refractivity (Wildman–Crippen MR) is 131 cm³/mol. The molecule has 0 aromatic heterocycles. The largest absolute Gasteiger partial charge is 0.481 e. The van der Waals surface area contributed by atoms with Gasteiger partial charge in [0, 0.05) is 25.4 Å². The van der Waals surface area contributed by atoms with Crippen LogP contribution >= 0.6 is 0 Å². The summed E-state index contributed by atoms with van der Waals surface area (Å²) in [6, 6.07) is 17.2. The molecule has 0 saturated heterocycles. The summed E-state index contributed by atoms with van der Waals surface area (Å²) in [4.78, 5) is 38.5. The highest BCUT2D eigenvalue weighted by Crippen LogP contribution is 2.44. The molecule has 184 valence electrons. The standard InChI is InChI=1S/C27H31N3O5/c1-3-30(16-18(2)26(32)33)25(31)24(14-8-9-15-28)29-27(34)35-17-23-21-12-6-4-10-19(21)20-11-5-7-13-22(20)23/h4-7,10-13,18,23-24H,3,8-9,14,16-17H2,1-2H3,(H,29,34)(H,32,33). The van der Waals surface area contributed by atoms with Gasteiger partial charge in [-0.3, -0.25) is 9.59 Å². The number of amides is 2. The summed E-state index contributed by atoms with van der Waals surface area (Å²) >= 11 is 0. The Balaban J connectivity index is 1.68. The third-order valence-electron chi connectivity index (χ3n) is 6.32. The Morgan fingerprint density at radius 1 is 1.11 bits per heavy atom. The van der Waals surface area contributed by atoms with Gasteiger partial charge in [0.05, 0.1) is 12.0 Å². The molecule has 2 aromatic carbocycles. The lowest BCUT2D eigenvalue weighted by molar-refractivity contribution is -0.143. The van der Waals surface area contributed by atoms with Gasteiger partial charge in [-0.1, -0.05) is 55.5 Å². The third-order valence-corrected chi connectivity index (χ3v) is 6.32. The number of unbranched alkanes of at least 4 members (excludes halogenated alkanes) is 1. The third kappa shape index (κ3) is 6.18. The van der Waals surface area contributed by atoms with Gasteiger partial charge in [-0.2, -0.15) is 5.26 Å². The fraction of sp³-hybridized carbons (Fsp3) is 0.407. The number of ether oxygens (including phenoxy) is 1. The van der Waals surface area contributed by atoms with Gasteiger partial charge in [0.2, 0.25) is 5.91 Å². The second-order valence-corrected chi connectivity index (χ2v) is 8.69. The lowest BCUT2D eigenvalue weighted by atomic mass is 9.98. The minimum atomic E-state index is -0.998. The van der Waals surface area contributed by atoms with Crippen molar-refractivity contribution in [3.63, 3.8) is 0 Å². The molecule has 2 aromatic rings. The molecule has 8 nitrogen and oxygen atoms in total. The van der Waals surface area contributed by atoms with Crippen LogP contribution in [-0.4, -0.2) is 53.7 Å². The molecule has 0 radical (unpaired) electrons. The number of hydrogen-bond donors (Lipinski definition) is 2. The van der Waals surface area contributed by atoms with Crippen molar-refractivity contribution in [2.45, 2.75) is 45.1 Å². The predicted octanol–water partition coefficient (Wildman–Crippen LogP) is 4.16. The maximum atomic E-state index is 13.1. The summed E-state index contributed by atoms with van der Waals surface area (Å²) in [5.41, 5.74) is 4.41. The van der Waals surface area contributed by atoms with Crippen LogP contribution in [0.25, 0.3) is 11.1 Å². The summed E-state index contributed by atoms with van der Waals surface area (Å²) in [6.45, 7) is 3.74. The highest BCUT2D eigenvalue weighted by atomic mass is 16.5. The van der Waals surface area contributed by atoms with Crippen molar-refractivity contribution in [1.29, 1.82) is 5.26 Å². The molecule has 0 spiro atoms. The fourth-order valence-corrected chi connectivity index (χ4v) is 4.43. The van der Waals surface area contributed by atoms with Gasteiger partial charge in [0.15, 0.2) is 0 Å². The molecule has 2 N–H and O–H groups in total. The second-order valence-electron chi connectivity index (χ2n) is 8.69. The molecule has 1 aliphatic rings. The van der Waals surface area contributed by atoms with Gasteiger partial charge in [-0.05, 0) is 42.0 Å². The van der Waals surface area contributed by atoms with E-state index >= 15 is 0 Å². The van der Waals surface area contributed by atoms with Crippen molar-refractivity contribution >= 4 is 18.0 Å². The smallest absolute Gasteiger partial charge is 0.407 e. The maximum Gasteiger partial charge on any atom is 0.407 e. The Labute approximate surface area is 205 Å². The van der Waals surface area contributed by atoms with E-state index in [-0.39, 0.29) is 37.8 Å². The summed E-state index contributed by atoms with van der Waals surface area (Å²) in [7, 11) is 0. The van der Waals surface area contributed by atoms with Crippen molar-refractivity contribution in [1.82, 2.24) is 10.2 Å². The van der Waals surface area contributed by atoms with E-state index in [1.807, 2.05) is 42.5 Å². The van der Waals surface area contributed by atoms with Gasteiger partial charge in [-0.25, -0.2) is 4.79 Å². The molecule has 35 heavy (non-hydrogen) atoms. The number of nitrogens with zero attached hydrogens (tertiary/aromatic N) is 2. The van der Waals surface area contributed by atoms with Gasteiger partial charge < -0.3 is 20.1 Å². The number of carbonyl (C=O) groups is 3. The zero-order valence-corrected chi connectivity index (χ0v) is 20.1. The first kappa shape index (κ1) is 25.8. The number of carboxylic acid groups (broad SMARTS) is 1. The Morgan fingerprint density at radius 3 is 2.26 bits per heavy atom. The fourth-order valence-electron chi connectivity index (χ4n) is 4.43. The first-order chi connectivity index (χ1) is 16.9. The summed E-state index contributed by atoms with van der Waals surface area (Å²) in [5, 5.41) is 20.7. The molecule has 2 amide bonds. The molecular formula is C27H31N3O5. The lowest BCUT2D eigenvalue weighted by Crippen LogP contribution is -2.50. The molecular weight excluding hydrogens is 446 g/mol. The number of hydrogen-bond acceptors (Lipinski definition) is 5. The zero-order chi connectivity index (χ0) is 25.4. The topological polar surface area (TPSA) is 120 Å². The Bertz CT molecular complexity index is 1060. The van der Waals surface area contributed by atoms with Crippen molar-refractivity contribution in [3.05, 3.63) is 59.7 Å². The van der Waals surface area contributed by atoms with E-state index in [1.165, 1.54) is 11.8 Å². The van der Waals surface area contributed by atoms with Crippen LogP contribution < -0.4 is 5.32 Å². The molecule has 1 aliphatic carbocycles. The van der Waals surface area contributed by atoms with Crippen LogP contribution in [0.2, 0.25) is 0 Å². The first-order valence-corrected chi connectivity index (χ1v) is 11.9. The number of carbonyl (C=O) groups excluding carboxylic acids is 2. The average molecular weight is 478 g/mol. The number of aliphatic carboxylic acids is 1. The molecule has 0 saturated carbocycles. The number of alkyl carbamates (subject to hydrolysis) is 1. The molecule has 2 atom stereocenters. The molecule has 3 rings (SSSR count).